The number of aryl methyl sites for hydroxylation is 4. The van der Waals surface area contributed by atoms with Gasteiger partial charge >= 0.3 is 0 Å². The molecule has 0 spiro atoms. The molecule has 0 heterocycles. The largest absolute Gasteiger partial charge is 0.507 e. The third-order valence-corrected chi connectivity index (χ3v) is 4.71. The maximum Gasteiger partial charge on any atom is 0.121 e. The van der Waals surface area contributed by atoms with Crippen LogP contribution in [-0.2, 0) is 11.5 Å². The highest BCUT2D eigenvalue weighted by Gasteiger charge is 2.06. The van der Waals surface area contributed by atoms with Crippen LogP contribution in [0, 0.1) is 27.7 Å². The van der Waals surface area contributed by atoms with Gasteiger partial charge in [0.2, 0.25) is 0 Å². The van der Waals surface area contributed by atoms with Crippen LogP contribution in [0.3, 0.4) is 0 Å². The summed E-state index contributed by atoms with van der Waals surface area (Å²) in [6, 6.07) is 8.18. The van der Waals surface area contributed by atoms with E-state index in [0.717, 1.165) is 33.8 Å². The van der Waals surface area contributed by atoms with E-state index in [0.29, 0.717) is 11.5 Å². The van der Waals surface area contributed by atoms with Crippen molar-refractivity contribution in [3.05, 3.63) is 57.6 Å². The molecule has 2 aromatic carbocycles. The maximum atomic E-state index is 9.79. The van der Waals surface area contributed by atoms with E-state index in [1.165, 1.54) is 11.1 Å². The van der Waals surface area contributed by atoms with E-state index in [2.05, 4.69) is 0 Å². The molecule has 0 amide bonds. The van der Waals surface area contributed by atoms with Crippen molar-refractivity contribution >= 4 is 11.8 Å². The summed E-state index contributed by atoms with van der Waals surface area (Å²) in [4.78, 5) is 0. The molecular formula is C18H22O2S. The molecular weight excluding hydrogens is 280 g/mol. The summed E-state index contributed by atoms with van der Waals surface area (Å²) in [5.74, 6) is 2.63. The molecule has 0 bridgehead atoms. The van der Waals surface area contributed by atoms with Crippen LogP contribution >= 0.6 is 11.8 Å². The smallest absolute Gasteiger partial charge is 0.121 e. The first-order valence-electron chi connectivity index (χ1n) is 7.04. The molecule has 0 radical (unpaired) electrons. The van der Waals surface area contributed by atoms with E-state index in [1.54, 1.807) is 0 Å². The zero-order valence-electron chi connectivity index (χ0n) is 13.0. The van der Waals surface area contributed by atoms with Crippen LogP contribution in [0.4, 0.5) is 0 Å². The number of benzene rings is 2. The first-order valence-corrected chi connectivity index (χ1v) is 8.20. The van der Waals surface area contributed by atoms with E-state index in [1.807, 2.05) is 63.7 Å². The van der Waals surface area contributed by atoms with Crippen molar-refractivity contribution in [3.63, 3.8) is 0 Å². The number of hydrogen-bond donors (Lipinski definition) is 2. The van der Waals surface area contributed by atoms with Crippen LogP contribution in [0.15, 0.2) is 24.3 Å². The summed E-state index contributed by atoms with van der Waals surface area (Å²) >= 11 is 1.84. The molecule has 2 rings (SSSR count). The number of thioether (sulfide) groups is 1. The standard InChI is InChI=1S/C18H22O2S/c1-11-5-15(6-12(2)17(11)19)9-21-10-16-7-13(3)18(20)14(4)8-16/h5-8,19-20H,9-10H2,1-4H3. The Hall–Kier alpha value is -1.61. The second kappa shape index (κ2) is 6.44. The molecule has 0 aromatic heterocycles. The molecule has 0 aliphatic rings. The monoisotopic (exact) mass is 302 g/mol. The normalized spacial score (nSPS) is 10.9. The first kappa shape index (κ1) is 15.8. The Labute approximate surface area is 130 Å². The molecule has 2 aromatic rings. The van der Waals surface area contributed by atoms with Gasteiger partial charge in [0.1, 0.15) is 11.5 Å². The molecule has 112 valence electrons. The second-order valence-corrected chi connectivity index (χ2v) is 6.63. The van der Waals surface area contributed by atoms with Gasteiger partial charge in [-0.25, -0.2) is 0 Å². The molecule has 0 atom stereocenters. The van der Waals surface area contributed by atoms with Crippen molar-refractivity contribution in [1.29, 1.82) is 0 Å². The number of rotatable bonds is 4. The predicted octanol–water partition coefficient (Wildman–Crippen LogP) is 4.76. The number of hydrogen-bond acceptors (Lipinski definition) is 3. The molecule has 0 unspecified atom stereocenters. The lowest BCUT2D eigenvalue weighted by Crippen LogP contribution is -1.90. The van der Waals surface area contributed by atoms with Crippen molar-refractivity contribution in [1.82, 2.24) is 0 Å². The Morgan fingerprint density at radius 1 is 0.667 bits per heavy atom. The highest BCUT2D eigenvalue weighted by Crippen LogP contribution is 2.28. The van der Waals surface area contributed by atoms with Crippen molar-refractivity contribution < 1.29 is 10.2 Å². The molecule has 0 saturated carbocycles. The minimum Gasteiger partial charge on any atom is -0.507 e. The van der Waals surface area contributed by atoms with Crippen molar-refractivity contribution in [3.8, 4) is 11.5 Å². The Kier molecular flexibility index (Phi) is 4.84. The summed E-state index contributed by atoms with van der Waals surface area (Å²) in [7, 11) is 0. The molecule has 0 fully saturated rings. The van der Waals surface area contributed by atoms with Crippen molar-refractivity contribution in [2.24, 2.45) is 0 Å². The van der Waals surface area contributed by atoms with Crippen LogP contribution in [0.1, 0.15) is 33.4 Å². The Morgan fingerprint density at radius 3 is 1.24 bits per heavy atom. The van der Waals surface area contributed by atoms with E-state index in [-0.39, 0.29) is 0 Å². The van der Waals surface area contributed by atoms with Gasteiger partial charge in [-0.3, -0.25) is 0 Å². The Bertz CT molecular complexity index is 559. The first-order chi connectivity index (χ1) is 9.88. The molecule has 2 N–H and O–H groups in total. The number of phenolic OH excluding ortho intramolecular Hbond substituents is 2. The topological polar surface area (TPSA) is 40.5 Å². The second-order valence-electron chi connectivity index (χ2n) is 5.65. The van der Waals surface area contributed by atoms with Gasteiger partial charge < -0.3 is 10.2 Å². The molecule has 21 heavy (non-hydrogen) atoms. The van der Waals surface area contributed by atoms with Crippen LogP contribution in [-0.4, -0.2) is 10.2 Å². The highest BCUT2D eigenvalue weighted by molar-refractivity contribution is 7.97. The minimum atomic E-state index is 0.397. The SMILES string of the molecule is Cc1cc(CSCc2cc(C)c(O)c(C)c2)cc(C)c1O. The Morgan fingerprint density at radius 2 is 0.952 bits per heavy atom. The fourth-order valence-corrected chi connectivity index (χ4v) is 3.45. The fraction of sp³-hybridized carbons (Fsp3) is 0.333. The lowest BCUT2D eigenvalue weighted by Gasteiger charge is -2.10. The number of aromatic hydroxyl groups is 2. The predicted molar refractivity (Wildman–Crippen MR) is 90.2 cm³/mol. The summed E-state index contributed by atoms with van der Waals surface area (Å²) in [5, 5.41) is 19.6. The van der Waals surface area contributed by atoms with Gasteiger partial charge in [-0.15, -0.1) is 0 Å². The van der Waals surface area contributed by atoms with Crippen molar-refractivity contribution in [2.75, 3.05) is 0 Å². The maximum absolute atomic E-state index is 9.79. The van der Waals surface area contributed by atoms with Gasteiger partial charge in [-0.05, 0) is 61.1 Å². The van der Waals surface area contributed by atoms with Gasteiger partial charge in [0.25, 0.3) is 0 Å². The third-order valence-electron chi connectivity index (χ3n) is 3.64. The van der Waals surface area contributed by atoms with Crippen molar-refractivity contribution in [2.45, 2.75) is 39.2 Å². The van der Waals surface area contributed by atoms with Crippen LogP contribution in [0.25, 0.3) is 0 Å². The fourth-order valence-electron chi connectivity index (χ4n) is 2.54. The zero-order valence-corrected chi connectivity index (χ0v) is 13.8. The van der Waals surface area contributed by atoms with E-state index < -0.39 is 0 Å². The number of phenols is 2. The van der Waals surface area contributed by atoms with Crippen LogP contribution in [0.5, 0.6) is 11.5 Å². The molecule has 0 saturated heterocycles. The average Bonchev–Trinajstić information content (AvgIpc) is 2.42. The minimum absolute atomic E-state index is 0.397. The highest BCUT2D eigenvalue weighted by atomic mass is 32.2. The van der Waals surface area contributed by atoms with Gasteiger partial charge in [0, 0.05) is 11.5 Å². The average molecular weight is 302 g/mol. The van der Waals surface area contributed by atoms with Gasteiger partial charge in [0.05, 0.1) is 0 Å². The summed E-state index contributed by atoms with van der Waals surface area (Å²) in [6.07, 6.45) is 0. The van der Waals surface area contributed by atoms with Crippen LogP contribution < -0.4 is 0 Å². The van der Waals surface area contributed by atoms with Gasteiger partial charge in [-0.2, -0.15) is 11.8 Å². The van der Waals surface area contributed by atoms with E-state index >= 15 is 0 Å². The quantitative estimate of drug-likeness (QED) is 0.855. The third kappa shape index (κ3) is 3.73. The molecule has 2 nitrogen and oxygen atoms in total. The van der Waals surface area contributed by atoms with E-state index in [9.17, 15) is 10.2 Å². The molecule has 3 heteroatoms. The summed E-state index contributed by atoms with van der Waals surface area (Å²) < 4.78 is 0. The summed E-state index contributed by atoms with van der Waals surface area (Å²) in [6.45, 7) is 7.73. The van der Waals surface area contributed by atoms with Gasteiger partial charge in [-0.1, -0.05) is 24.3 Å². The van der Waals surface area contributed by atoms with Gasteiger partial charge in [0.15, 0.2) is 0 Å². The zero-order chi connectivity index (χ0) is 15.6. The lowest BCUT2D eigenvalue weighted by atomic mass is 10.1. The molecule has 0 aliphatic heterocycles. The Balaban J connectivity index is 2.02. The lowest BCUT2D eigenvalue weighted by molar-refractivity contribution is 0.466. The summed E-state index contributed by atoms with van der Waals surface area (Å²) in [5.41, 5.74) is 6.20. The van der Waals surface area contributed by atoms with Crippen LogP contribution in [0.2, 0.25) is 0 Å². The van der Waals surface area contributed by atoms with E-state index in [4.69, 9.17) is 0 Å². The molecule has 0 aliphatic carbocycles.